The number of nitrogens with zero attached hydrogens (tertiary/aromatic N) is 4. The minimum absolute atomic E-state index is 0.845. The predicted octanol–water partition coefficient (Wildman–Crippen LogP) is 0.833. The lowest BCUT2D eigenvalue weighted by molar-refractivity contribution is 0.555. The molecule has 2 aromatic heterocycles. The van der Waals surface area contributed by atoms with Crippen molar-refractivity contribution >= 4 is 11.3 Å². The molecule has 0 radical (unpaired) electrons. The molecule has 0 saturated carbocycles. The first-order valence-corrected chi connectivity index (χ1v) is 5.66. The minimum atomic E-state index is 0.845. The molecule has 5 nitrogen and oxygen atoms in total. The highest BCUT2D eigenvalue weighted by molar-refractivity contribution is 7.09. The summed E-state index contributed by atoms with van der Waals surface area (Å²) < 4.78 is 1.81. The van der Waals surface area contributed by atoms with E-state index >= 15 is 0 Å². The average Bonchev–Trinajstić information content (AvgIpc) is 2.85. The maximum atomic E-state index is 4.20. The number of rotatable bonds is 5. The van der Waals surface area contributed by atoms with E-state index in [9.17, 15) is 0 Å². The van der Waals surface area contributed by atoms with Gasteiger partial charge in [-0.05, 0) is 6.92 Å². The van der Waals surface area contributed by atoms with Crippen LogP contribution in [0.25, 0.3) is 0 Å². The van der Waals surface area contributed by atoms with E-state index in [0.29, 0.717) is 0 Å². The van der Waals surface area contributed by atoms with Gasteiger partial charge >= 0.3 is 0 Å². The number of aryl methyl sites for hydroxylation is 1. The summed E-state index contributed by atoms with van der Waals surface area (Å²) >= 11 is 1.69. The van der Waals surface area contributed by atoms with Crippen molar-refractivity contribution in [1.82, 2.24) is 25.1 Å². The summed E-state index contributed by atoms with van der Waals surface area (Å²) in [6, 6.07) is 0. The van der Waals surface area contributed by atoms with Crippen LogP contribution in [0.15, 0.2) is 18.2 Å². The summed E-state index contributed by atoms with van der Waals surface area (Å²) in [7, 11) is 0. The van der Waals surface area contributed by atoms with Crippen molar-refractivity contribution in [2.75, 3.05) is 6.54 Å². The molecule has 0 atom stereocenters. The van der Waals surface area contributed by atoms with Crippen molar-refractivity contribution in [3.8, 4) is 0 Å². The van der Waals surface area contributed by atoms with Crippen LogP contribution < -0.4 is 5.32 Å². The fraction of sp³-hybridized carbons (Fsp3) is 0.444. The molecule has 2 rings (SSSR count). The highest BCUT2D eigenvalue weighted by Gasteiger charge is 1.99. The molecule has 0 amide bonds. The smallest absolute Gasteiger partial charge is 0.137 e. The summed E-state index contributed by atoms with van der Waals surface area (Å²) in [5, 5.41) is 7.37. The van der Waals surface area contributed by atoms with Crippen LogP contribution in [-0.4, -0.2) is 26.3 Å². The zero-order chi connectivity index (χ0) is 10.5. The zero-order valence-electron chi connectivity index (χ0n) is 8.55. The maximum absolute atomic E-state index is 4.20. The lowest BCUT2D eigenvalue weighted by Gasteiger charge is -2.03. The molecule has 0 bridgehead atoms. The molecule has 2 heterocycles. The Morgan fingerprint density at radius 2 is 2.47 bits per heavy atom. The lowest BCUT2D eigenvalue weighted by Crippen LogP contribution is -2.19. The van der Waals surface area contributed by atoms with E-state index in [-0.39, 0.29) is 0 Å². The molecule has 0 aliphatic carbocycles. The van der Waals surface area contributed by atoms with Gasteiger partial charge in [0, 0.05) is 18.0 Å². The summed E-state index contributed by atoms with van der Waals surface area (Å²) in [5.74, 6) is 0. The molecule has 0 spiro atoms. The van der Waals surface area contributed by atoms with Crippen molar-refractivity contribution in [1.29, 1.82) is 0 Å². The van der Waals surface area contributed by atoms with Gasteiger partial charge in [0.15, 0.2) is 0 Å². The molecule has 80 valence electrons. The van der Waals surface area contributed by atoms with Gasteiger partial charge in [0.05, 0.1) is 17.7 Å². The first-order chi connectivity index (χ1) is 7.36. The first-order valence-electron chi connectivity index (χ1n) is 4.78. The van der Waals surface area contributed by atoms with Crippen molar-refractivity contribution in [3.63, 3.8) is 0 Å². The standard InChI is InChI=1S/C9H13N5S/c1-8-9(15-7-12-8)4-10-2-3-14-6-11-5-13-14/h5-7,10H,2-4H2,1H3. The second-order valence-electron chi connectivity index (χ2n) is 3.20. The van der Waals surface area contributed by atoms with Gasteiger partial charge in [-0.1, -0.05) is 0 Å². The molecular formula is C9H13N5S. The Hall–Kier alpha value is -1.27. The van der Waals surface area contributed by atoms with E-state index in [1.807, 2.05) is 17.1 Å². The maximum Gasteiger partial charge on any atom is 0.137 e. The molecule has 0 aliphatic heterocycles. The fourth-order valence-electron chi connectivity index (χ4n) is 1.24. The van der Waals surface area contributed by atoms with E-state index in [1.165, 1.54) is 4.88 Å². The van der Waals surface area contributed by atoms with Gasteiger partial charge in [0.1, 0.15) is 12.7 Å². The molecule has 15 heavy (non-hydrogen) atoms. The molecule has 1 N–H and O–H groups in total. The van der Waals surface area contributed by atoms with Gasteiger partial charge in [-0.2, -0.15) is 5.10 Å². The van der Waals surface area contributed by atoms with Crippen molar-refractivity contribution in [2.24, 2.45) is 0 Å². The fourth-order valence-corrected chi connectivity index (χ4v) is 1.99. The van der Waals surface area contributed by atoms with Crippen LogP contribution in [0.3, 0.4) is 0 Å². The predicted molar refractivity (Wildman–Crippen MR) is 58.6 cm³/mol. The van der Waals surface area contributed by atoms with E-state index in [1.54, 1.807) is 24.0 Å². The first kappa shape index (κ1) is 10.3. The molecule has 0 unspecified atom stereocenters. The lowest BCUT2D eigenvalue weighted by atomic mass is 10.4. The number of hydrogen-bond donors (Lipinski definition) is 1. The average molecular weight is 223 g/mol. The topological polar surface area (TPSA) is 55.6 Å². The Labute approximate surface area is 92.2 Å². The summed E-state index contributed by atoms with van der Waals surface area (Å²) in [6.45, 7) is 4.65. The van der Waals surface area contributed by atoms with Gasteiger partial charge in [-0.25, -0.2) is 9.97 Å². The Morgan fingerprint density at radius 3 is 3.13 bits per heavy atom. The summed E-state index contributed by atoms with van der Waals surface area (Å²) in [4.78, 5) is 9.38. The highest BCUT2D eigenvalue weighted by atomic mass is 32.1. The molecule has 0 aromatic carbocycles. The van der Waals surface area contributed by atoms with E-state index in [2.05, 4.69) is 20.4 Å². The van der Waals surface area contributed by atoms with Gasteiger partial charge in [-0.15, -0.1) is 11.3 Å². The largest absolute Gasteiger partial charge is 0.310 e. The molecule has 0 aliphatic rings. The third-order valence-corrected chi connectivity index (χ3v) is 3.05. The second kappa shape index (κ2) is 4.99. The number of thiazole rings is 1. The molecule has 0 saturated heterocycles. The zero-order valence-corrected chi connectivity index (χ0v) is 9.37. The SMILES string of the molecule is Cc1ncsc1CNCCn1cncn1. The Balaban J connectivity index is 1.70. The third-order valence-electron chi connectivity index (χ3n) is 2.11. The van der Waals surface area contributed by atoms with Crippen molar-refractivity contribution in [2.45, 2.75) is 20.0 Å². The van der Waals surface area contributed by atoms with Crippen LogP contribution in [0.1, 0.15) is 10.6 Å². The Kier molecular flexibility index (Phi) is 3.41. The molecule has 6 heteroatoms. The van der Waals surface area contributed by atoms with Gasteiger partial charge in [0.2, 0.25) is 0 Å². The number of nitrogens with one attached hydrogen (secondary N) is 1. The van der Waals surface area contributed by atoms with Gasteiger partial charge < -0.3 is 5.32 Å². The molecular weight excluding hydrogens is 210 g/mol. The second-order valence-corrected chi connectivity index (χ2v) is 4.14. The van der Waals surface area contributed by atoms with Crippen LogP contribution in [0.5, 0.6) is 0 Å². The van der Waals surface area contributed by atoms with E-state index in [4.69, 9.17) is 0 Å². The van der Waals surface area contributed by atoms with Crippen LogP contribution in [0.2, 0.25) is 0 Å². The summed E-state index contributed by atoms with van der Waals surface area (Å²) in [5.41, 5.74) is 3.00. The summed E-state index contributed by atoms with van der Waals surface area (Å²) in [6.07, 6.45) is 3.27. The van der Waals surface area contributed by atoms with Crippen molar-refractivity contribution in [3.05, 3.63) is 28.7 Å². The van der Waals surface area contributed by atoms with Gasteiger partial charge in [0.25, 0.3) is 0 Å². The number of hydrogen-bond acceptors (Lipinski definition) is 5. The molecule has 0 fully saturated rings. The number of aromatic nitrogens is 4. The third kappa shape index (κ3) is 2.84. The minimum Gasteiger partial charge on any atom is -0.310 e. The monoisotopic (exact) mass is 223 g/mol. The molecule has 2 aromatic rings. The van der Waals surface area contributed by atoms with Crippen LogP contribution >= 0.6 is 11.3 Å². The Morgan fingerprint density at radius 1 is 1.53 bits per heavy atom. The van der Waals surface area contributed by atoms with Crippen LogP contribution in [0.4, 0.5) is 0 Å². The van der Waals surface area contributed by atoms with Crippen LogP contribution in [-0.2, 0) is 13.1 Å². The van der Waals surface area contributed by atoms with Gasteiger partial charge in [-0.3, -0.25) is 4.68 Å². The van der Waals surface area contributed by atoms with Crippen molar-refractivity contribution < 1.29 is 0 Å². The van der Waals surface area contributed by atoms with E-state index < -0.39 is 0 Å². The quantitative estimate of drug-likeness (QED) is 0.763. The Bertz CT molecular complexity index is 394. The van der Waals surface area contributed by atoms with Crippen LogP contribution in [0, 0.1) is 6.92 Å². The highest BCUT2D eigenvalue weighted by Crippen LogP contribution is 2.10. The van der Waals surface area contributed by atoms with E-state index in [0.717, 1.165) is 25.3 Å². The normalized spacial score (nSPS) is 10.7.